The third-order valence-electron chi connectivity index (χ3n) is 4.30. The van der Waals surface area contributed by atoms with Gasteiger partial charge in [-0.3, -0.25) is 0 Å². The van der Waals surface area contributed by atoms with Crippen LogP contribution in [0.25, 0.3) is 33.4 Å². The van der Waals surface area contributed by atoms with Crippen LogP contribution in [0, 0.1) is 18.6 Å². The van der Waals surface area contributed by atoms with E-state index in [0.29, 0.717) is 22.1 Å². The van der Waals surface area contributed by atoms with Crippen molar-refractivity contribution < 1.29 is 23.4 Å². The quantitative estimate of drug-likeness (QED) is 0.482. The summed E-state index contributed by atoms with van der Waals surface area (Å²) in [5.41, 5.74) is 2.77. The van der Waals surface area contributed by atoms with Crippen LogP contribution in [0.3, 0.4) is 0 Å². The Labute approximate surface area is 147 Å². The zero-order chi connectivity index (χ0) is 18.4. The van der Waals surface area contributed by atoms with E-state index < -0.39 is 17.4 Å². The van der Waals surface area contributed by atoms with Crippen LogP contribution in [0.2, 0.25) is 0 Å². The molecule has 3 aromatic carbocycles. The van der Waals surface area contributed by atoms with Gasteiger partial charge in [0.2, 0.25) is 0 Å². The van der Waals surface area contributed by atoms with E-state index in [4.69, 9.17) is 4.42 Å². The Bertz CT molecular complexity index is 1110. The zero-order valence-electron chi connectivity index (χ0n) is 13.8. The molecule has 2 N–H and O–H groups in total. The first-order chi connectivity index (χ1) is 12.5. The predicted molar refractivity (Wildman–Crippen MR) is 95.1 cm³/mol. The van der Waals surface area contributed by atoms with Crippen LogP contribution in [0.15, 0.2) is 59.0 Å². The summed E-state index contributed by atoms with van der Waals surface area (Å²) in [6.07, 6.45) is 0. The van der Waals surface area contributed by atoms with Gasteiger partial charge in [-0.05, 0) is 42.3 Å². The van der Waals surface area contributed by atoms with Crippen molar-refractivity contribution in [2.24, 2.45) is 0 Å². The number of aryl methyl sites for hydroxylation is 1. The fourth-order valence-electron chi connectivity index (χ4n) is 3.14. The molecule has 4 rings (SSSR count). The van der Waals surface area contributed by atoms with Crippen molar-refractivity contribution >= 4 is 11.0 Å². The van der Waals surface area contributed by atoms with Crippen LogP contribution in [0.1, 0.15) is 5.56 Å². The largest absolute Gasteiger partial charge is 0.508 e. The maximum atomic E-state index is 13.9. The molecule has 0 aliphatic carbocycles. The topological polar surface area (TPSA) is 53.6 Å². The Balaban J connectivity index is 2.11. The average Bonchev–Trinajstić information content (AvgIpc) is 2.99. The number of benzene rings is 3. The van der Waals surface area contributed by atoms with Crippen molar-refractivity contribution in [3.05, 3.63) is 71.8 Å². The van der Waals surface area contributed by atoms with E-state index >= 15 is 0 Å². The van der Waals surface area contributed by atoms with Crippen molar-refractivity contribution in [3.8, 4) is 33.9 Å². The van der Waals surface area contributed by atoms with E-state index in [0.717, 1.165) is 17.7 Å². The Morgan fingerprint density at radius 2 is 1.50 bits per heavy atom. The second-order valence-corrected chi connectivity index (χ2v) is 6.10. The number of aromatic hydroxyl groups is 2. The molecule has 0 amide bonds. The number of halogens is 2. The molecule has 1 aromatic heterocycles. The van der Waals surface area contributed by atoms with Gasteiger partial charge < -0.3 is 14.6 Å². The SMILES string of the molecule is Cc1cc(O)cc2c(-c3ccccc3)c(-c3cc(F)c(O)c(F)c3)oc12. The van der Waals surface area contributed by atoms with Gasteiger partial charge in [-0.15, -0.1) is 0 Å². The van der Waals surface area contributed by atoms with Crippen LogP contribution in [-0.4, -0.2) is 10.2 Å². The summed E-state index contributed by atoms with van der Waals surface area (Å²) < 4.78 is 33.7. The second-order valence-electron chi connectivity index (χ2n) is 6.10. The van der Waals surface area contributed by atoms with E-state index in [-0.39, 0.29) is 17.1 Å². The lowest BCUT2D eigenvalue weighted by Gasteiger charge is -2.06. The van der Waals surface area contributed by atoms with Crippen molar-refractivity contribution in [2.45, 2.75) is 6.92 Å². The molecule has 0 aliphatic rings. The lowest BCUT2D eigenvalue weighted by Crippen LogP contribution is -1.87. The highest BCUT2D eigenvalue weighted by Crippen LogP contribution is 2.44. The fourth-order valence-corrected chi connectivity index (χ4v) is 3.14. The van der Waals surface area contributed by atoms with Crippen LogP contribution in [-0.2, 0) is 0 Å². The minimum absolute atomic E-state index is 0.0719. The van der Waals surface area contributed by atoms with Crippen molar-refractivity contribution in [2.75, 3.05) is 0 Å². The molecule has 0 radical (unpaired) electrons. The molecule has 0 atom stereocenters. The first kappa shape index (κ1) is 16.1. The highest BCUT2D eigenvalue weighted by molar-refractivity contribution is 6.03. The number of hydrogen-bond acceptors (Lipinski definition) is 3. The molecule has 26 heavy (non-hydrogen) atoms. The zero-order valence-corrected chi connectivity index (χ0v) is 13.8. The molecule has 4 aromatic rings. The van der Waals surface area contributed by atoms with Gasteiger partial charge in [0.15, 0.2) is 17.4 Å². The molecule has 130 valence electrons. The predicted octanol–water partition coefficient (Wildman–Crippen LogP) is 5.76. The molecule has 0 fully saturated rings. The Morgan fingerprint density at radius 1 is 0.846 bits per heavy atom. The molecule has 0 spiro atoms. The van der Waals surface area contributed by atoms with Crippen LogP contribution < -0.4 is 0 Å². The van der Waals surface area contributed by atoms with Gasteiger partial charge in [0.05, 0.1) is 0 Å². The van der Waals surface area contributed by atoms with Gasteiger partial charge in [-0.25, -0.2) is 8.78 Å². The summed E-state index contributed by atoms with van der Waals surface area (Å²) in [7, 11) is 0. The van der Waals surface area contributed by atoms with Gasteiger partial charge >= 0.3 is 0 Å². The lowest BCUT2D eigenvalue weighted by atomic mass is 9.97. The number of hydrogen-bond donors (Lipinski definition) is 2. The summed E-state index contributed by atoms with van der Waals surface area (Å²) in [5, 5.41) is 20.0. The van der Waals surface area contributed by atoms with E-state index in [9.17, 15) is 19.0 Å². The van der Waals surface area contributed by atoms with E-state index in [2.05, 4.69) is 0 Å². The Kier molecular flexibility index (Phi) is 3.65. The van der Waals surface area contributed by atoms with Gasteiger partial charge in [0, 0.05) is 16.5 Å². The summed E-state index contributed by atoms with van der Waals surface area (Å²) in [4.78, 5) is 0. The number of fused-ring (bicyclic) bond motifs is 1. The van der Waals surface area contributed by atoms with Gasteiger partial charge in [-0.1, -0.05) is 30.3 Å². The molecule has 0 saturated heterocycles. The van der Waals surface area contributed by atoms with Crippen molar-refractivity contribution in [1.29, 1.82) is 0 Å². The first-order valence-corrected chi connectivity index (χ1v) is 7.95. The first-order valence-electron chi connectivity index (χ1n) is 7.95. The highest BCUT2D eigenvalue weighted by Gasteiger charge is 2.22. The minimum Gasteiger partial charge on any atom is -0.508 e. The van der Waals surface area contributed by atoms with Crippen molar-refractivity contribution in [1.82, 2.24) is 0 Å². The average molecular weight is 352 g/mol. The van der Waals surface area contributed by atoms with Crippen LogP contribution in [0.5, 0.6) is 11.5 Å². The molecular formula is C21H14F2O3. The minimum atomic E-state index is -1.07. The molecule has 0 unspecified atom stereocenters. The van der Waals surface area contributed by atoms with Gasteiger partial charge in [-0.2, -0.15) is 0 Å². The maximum Gasteiger partial charge on any atom is 0.187 e. The van der Waals surface area contributed by atoms with Crippen LogP contribution >= 0.6 is 0 Å². The van der Waals surface area contributed by atoms with Crippen LogP contribution in [0.4, 0.5) is 8.78 Å². The molecular weight excluding hydrogens is 338 g/mol. The van der Waals surface area contributed by atoms with Gasteiger partial charge in [0.1, 0.15) is 17.1 Å². The third kappa shape index (κ3) is 2.49. The van der Waals surface area contributed by atoms with E-state index in [1.54, 1.807) is 19.1 Å². The Hall–Kier alpha value is -3.34. The molecule has 5 heteroatoms. The van der Waals surface area contributed by atoms with E-state index in [1.807, 2.05) is 30.3 Å². The van der Waals surface area contributed by atoms with E-state index in [1.165, 1.54) is 0 Å². The standard InChI is InChI=1S/C21H14F2O3/c1-11-7-14(24)10-15-18(12-5-3-2-4-6-12)21(26-20(11)15)13-8-16(22)19(25)17(23)9-13/h2-10,24-25H,1H3. The fraction of sp³-hybridized carbons (Fsp3) is 0.0476. The second kappa shape index (κ2) is 5.88. The molecule has 0 bridgehead atoms. The molecule has 0 aliphatic heterocycles. The number of phenolic OH excluding ortho intramolecular Hbond substituents is 2. The van der Waals surface area contributed by atoms with Crippen molar-refractivity contribution in [3.63, 3.8) is 0 Å². The monoisotopic (exact) mass is 352 g/mol. The lowest BCUT2D eigenvalue weighted by molar-refractivity contribution is 0.396. The smallest absolute Gasteiger partial charge is 0.187 e. The molecule has 1 heterocycles. The summed E-state index contributed by atoms with van der Waals surface area (Å²) in [6.45, 7) is 1.78. The molecule has 3 nitrogen and oxygen atoms in total. The summed E-state index contributed by atoms with van der Waals surface area (Å²) in [6, 6.07) is 14.4. The third-order valence-corrected chi connectivity index (χ3v) is 4.30. The number of rotatable bonds is 2. The maximum absolute atomic E-state index is 13.9. The highest BCUT2D eigenvalue weighted by atomic mass is 19.1. The summed E-state index contributed by atoms with van der Waals surface area (Å²) >= 11 is 0. The number of furan rings is 1. The number of phenols is 2. The molecule has 0 saturated carbocycles. The summed E-state index contributed by atoms with van der Waals surface area (Å²) in [5.74, 6) is -2.83. The Morgan fingerprint density at radius 3 is 2.15 bits per heavy atom. The normalized spacial score (nSPS) is 11.2. The van der Waals surface area contributed by atoms with Gasteiger partial charge in [0.25, 0.3) is 0 Å².